The van der Waals surface area contributed by atoms with Gasteiger partial charge in [-0.15, -0.1) is 11.8 Å². The molecule has 1 aromatic rings. The molecule has 0 saturated carbocycles. The fraction of sp³-hybridized carbons (Fsp3) is 0.636. The maximum atomic E-state index is 6.17. The van der Waals surface area contributed by atoms with Crippen molar-refractivity contribution in [2.75, 3.05) is 57.8 Å². The summed E-state index contributed by atoms with van der Waals surface area (Å²) in [5.74, 6) is 1.42. The first kappa shape index (κ1) is 15.3. The van der Waals surface area contributed by atoms with Gasteiger partial charge in [-0.1, -0.05) is 11.6 Å². The molecule has 18 heavy (non-hydrogen) atoms. The number of hydrogen-bond donors (Lipinski definition) is 1. The third-order valence-electron chi connectivity index (χ3n) is 2.27. The van der Waals surface area contributed by atoms with Crippen LogP contribution in [0.15, 0.2) is 4.90 Å². The lowest BCUT2D eigenvalue weighted by Crippen LogP contribution is -2.22. The maximum absolute atomic E-state index is 6.17. The molecule has 102 valence electrons. The Labute approximate surface area is 118 Å². The Morgan fingerprint density at radius 1 is 1.22 bits per heavy atom. The molecule has 1 heterocycles. The van der Waals surface area contributed by atoms with Gasteiger partial charge in [0.2, 0.25) is 5.95 Å². The summed E-state index contributed by atoms with van der Waals surface area (Å²) in [5, 5.41) is 3.80. The lowest BCUT2D eigenvalue weighted by atomic mass is 10.5. The Balaban J connectivity index is 2.92. The molecule has 0 aliphatic heterocycles. The number of aromatic nitrogens is 2. The number of halogens is 1. The van der Waals surface area contributed by atoms with Gasteiger partial charge in [0.05, 0.1) is 4.90 Å². The van der Waals surface area contributed by atoms with E-state index in [-0.39, 0.29) is 0 Å². The summed E-state index contributed by atoms with van der Waals surface area (Å²) in [7, 11) is 7.87. The van der Waals surface area contributed by atoms with Crippen LogP contribution in [0.5, 0.6) is 0 Å². The molecule has 0 bridgehead atoms. The number of rotatable bonds is 6. The van der Waals surface area contributed by atoms with Crippen LogP contribution >= 0.6 is 23.4 Å². The minimum Gasteiger partial charge on any atom is -0.368 e. The molecule has 7 heteroatoms. The number of anilines is 2. The van der Waals surface area contributed by atoms with E-state index in [0.717, 1.165) is 23.8 Å². The standard InChI is InChI=1S/C11H20ClN5S/c1-16(2)7-6-13-10-8(18-5)9(12)14-11(15-10)17(3)4/h6-7H2,1-5H3,(H,13,14,15). The molecular formula is C11H20ClN5S. The predicted molar refractivity (Wildman–Crippen MR) is 80.2 cm³/mol. The molecule has 5 nitrogen and oxygen atoms in total. The molecule has 0 aliphatic rings. The van der Waals surface area contributed by atoms with Crippen molar-refractivity contribution in [3.63, 3.8) is 0 Å². The molecule has 0 fully saturated rings. The minimum absolute atomic E-state index is 0.494. The molecule has 0 atom stereocenters. The normalized spacial score (nSPS) is 10.8. The van der Waals surface area contributed by atoms with E-state index < -0.39 is 0 Å². The van der Waals surface area contributed by atoms with Gasteiger partial charge in [-0.3, -0.25) is 0 Å². The quantitative estimate of drug-likeness (QED) is 0.637. The van der Waals surface area contributed by atoms with E-state index in [1.54, 1.807) is 11.8 Å². The molecule has 0 radical (unpaired) electrons. The van der Waals surface area contributed by atoms with Crippen molar-refractivity contribution < 1.29 is 0 Å². The Kier molecular flexibility index (Phi) is 5.98. The van der Waals surface area contributed by atoms with Gasteiger partial charge in [0.25, 0.3) is 0 Å². The van der Waals surface area contributed by atoms with Crippen LogP contribution in [0.4, 0.5) is 11.8 Å². The summed E-state index contributed by atoms with van der Waals surface area (Å²) in [4.78, 5) is 13.6. The van der Waals surface area contributed by atoms with Crippen LogP contribution in [0, 0.1) is 0 Å². The number of thioether (sulfide) groups is 1. The van der Waals surface area contributed by atoms with Crippen molar-refractivity contribution in [3.05, 3.63) is 5.15 Å². The van der Waals surface area contributed by atoms with E-state index in [1.807, 2.05) is 39.3 Å². The summed E-state index contributed by atoms with van der Waals surface area (Å²) in [6.07, 6.45) is 1.97. The average Bonchev–Trinajstić information content (AvgIpc) is 2.27. The van der Waals surface area contributed by atoms with Gasteiger partial charge < -0.3 is 15.1 Å². The first-order valence-corrected chi connectivity index (χ1v) is 7.23. The van der Waals surface area contributed by atoms with Crippen LogP contribution in [0.25, 0.3) is 0 Å². The monoisotopic (exact) mass is 289 g/mol. The van der Waals surface area contributed by atoms with Crippen molar-refractivity contribution in [3.8, 4) is 0 Å². The number of nitrogens with one attached hydrogen (secondary N) is 1. The highest BCUT2D eigenvalue weighted by Crippen LogP contribution is 2.31. The highest BCUT2D eigenvalue weighted by Gasteiger charge is 2.13. The van der Waals surface area contributed by atoms with E-state index in [4.69, 9.17) is 11.6 Å². The van der Waals surface area contributed by atoms with Crippen LogP contribution in [-0.2, 0) is 0 Å². The van der Waals surface area contributed by atoms with E-state index in [0.29, 0.717) is 11.1 Å². The summed E-state index contributed by atoms with van der Waals surface area (Å²) in [5.41, 5.74) is 0. The zero-order valence-electron chi connectivity index (χ0n) is 11.5. The third-order valence-corrected chi connectivity index (χ3v) is 3.45. The average molecular weight is 290 g/mol. The summed E-state index contributed by atoms with van der Waals surface area (Å²) in [6, 6.07) is 0. The fourth-order valence-corrected chi connectivity index (χ4v) is 2.23. The van der Waals surface area contributed by atoms with Crippen molar-refractivity contribution in [2.24, 2.45) is 0 Å². The van der Waals surface area contributed by atoms with Crippen LogP contribution in [0.1, 0.15) is 0 Å². The summed E-state index contributed by atoms with van der Waals surface area (Å²) >= 11 is 7.72. The highest BCUT2D eigenvalue weighted by atomic mass is 35.5. The zero-order valence-corrected chi connectivity index (χ0v) is 13.1. The van der Waals surface area contributed by atoms with E-state index in [9.17, 15) is 0 Å². The minimum atomic E-state index is 0.494. The maximum Gasteiger partial charge on any atom is 0.228 e. The van der Waals surface area contributed by atoms with Gasteiger partial charge in [0.15, 0.2) is 0 Å². The predicted octanol–water partition coefficient (Wildman–Crippen LogP) is 1.89. The Bertz CT molecular complexity index is 397. The van der Waals surface area contributed by atoms with Gasteiger partial charge in [0, 0.05) is 27.2 Å². The van der Waals surface area contributed by atoms with E-state index in [2.05, 4.69) is 20.2 Å². The second-order valence-corrected chi connectivity index (χ2v) is 5.50. The Morgan fingerprint density at radius 2 is 1.89 bits per heavy atom. The lowest BCUT2D eigenvalue weighted by molar-refractivity contribution is 0.425. The molecular weight excluding hydrogens is 270 g/mol. The summed E-state index contributed by atoms with van der Waals surface area (Å²) < 4.78 is 0. The van der Waals surface area contributed by atoms with Crippen LogP contribution in [0.2, 0.25) is 5.15 Å². The molecule has 0 aromatic carbocycles. The van der Waals surface area contributed by atoms with Crippen LogP contribution < -0.4 is 10.2 Å². The van der Waals surface area contributed by atoms with Crippen molar-refractivity contribution >= 4 is 35.1 Å². The Morgan fingerprint density at radius 3 is 2.39 bits per heavy atom. The topological polar surface area (TPSA) is 44.3 Å². The van der Waals surface area contributed by atoms with Gasteiger partial charge >= 0.3 is 0 Å². The van der Waals surface area contributed by atoms with E-state index in [1.165, 1.54) is 0 Å². The number of nitrogens with zero attached hydrogens (tertiary/aromatic N) is 4. The molecule has 0 unspecified atom stereocenters. The molecule has 0 spiro atoms. The van der Waals surface area contributed by atoms with Crippen molar-refractivity contribution in [1.29, 1.82) is 0 Å². The van der Waals surface area contributed by atoms with Crippen LogP contribution in [0.3, 0.4) is 0 Å². The summed E-state index contributed by atoms with van der Waals surface area (Å²) in [6.45, 7) is 1.76. The number of hydrogen-bond acceptors (Lipinski definition) is 6. The second-order valence-electron chi connectivity index (χ2n) is 4.32. The van der Waals surface area contributed by atoms with E-state index >= 15 is 0 Å². The highest BCUT2D eigenvalue weighted by molar-refractivity contribution is 7.98. The van der Waals surface area contributed by atoms with Gasteiger partial charge in [0.1, 0.15) is 11.0 Å². The molecule has 0 aliphatic carbocycles. The fourth-order valence-electron chi connectivity index (χ4n) is 1.31. The third kappa shape index (κ3) is 4.19. The van der Waals surface area contributed by atoms with Crippen molar-refractivity contribution in [1.82, 2.24) is 14.9 Å². The van der Waals surface area contributed by atoms with Crippen molar-refractivity contribution in [2.45, 2.75) is 4.90 Å². The second kappa shape index (κ2) is 7.01. The molecule has 1 N–H and O–H groups in total. The van der Waals surface area contributed by atoms with Gasteiger partial charge in [-0.25, -0.2) is 0 Å². The smallest absolute Gasteiger partial charge is 0.228 e. The first-order chi connectivity index (χ1) is 8.45. The number of likely N-dealkylation sites (N-methyl/N-ethyl adjacent to an activating group) is 1. The SMILES string of the molecule is CSc1c(Cl)nc(N(C)C)nc1NCCN(C)C. The first-order valence-electron chi connectivity index (χ1n) is 5.63. The lowest BCUT2D eigenvalue weighted by Gasteiger charge is -2.17. The molecule has 0 amide bonds. The largest absolute Gasteiger partial charge is 0.368 e. The molecule has 1 aromatic heterocycles. The van der Waals surface area contributed by atoms with Gasteiger partial charge in [-0.2, -0.15) is 9.97 Å². The van der Waals surface area contributed by atoms with Crippen LogP contribution in [-0.4, -0.2) is 62.4 Å². The molecule has 0 saturated heterocycles. The van der Waals surface area contributed by atoms with Gasteiger partial charge in [-0.05, 0) is 20.4 Å². The Hall–Kier alpha value is -0.720. The molecule has 1 rings (SSSR count). The zero-order chi connectivity index (χ0) is 13.7.